The summed E-state index contributed by atoms with van der Waals surface area (Å²) in [7, 11) is 0. The van der Waals surface area contributed by atoms with E-state index in [2.05, 4.69) is 32.4 Å². The number of aromatic amines is 1. The van der Waals surface area contributed by atoms with E-state index >= 15 is 0 Å². The number of nitrogens with zero attached hydrogens (tertiary/aromatic N) is 3. The maximum Gasteiger partial charge on any atom is 0.0825 e. The Morgan fingerprint density at radius 3 is 2.69 bits per heavy atom. The van der Waals surface area contributed by atoms with E-state index in [0.29, 0.717) is 0 Å². The Bertz CT molecular complexity index is 443. The molecule has 0 fully saturated rings. The van der Waals surface area contributed by atoms with Crippen molar-refractivity contribution < 1.29 is 0 Å². The average molecular weight is 217 g/mol. The lowest BCUT2D eigenvalue weighted by Crippen LogP contribution is -2.09. The fourth-order valence-corrected chi connectivity index (χ4v) is 1.59. The highest BCUT2D eigenvalue weighted by Crippen LogP contribution is 2.21. The first-order valence-electron chi connectivity index (χ1n) is 5.22. The van der Waals surface area contributed by atoms with Crippen LogP contribution in [0.3, 0.4) is 0 Å². The average Bonchev–Trinajstić information content (AvgIpc) is 2.62. The van der Waals surface area contributed by atoms with Crippen LogP contribution in [0.4, 0.5) is 5.69 Å². The molecule has 0 aliphatic heterocycles. The Hall–Kier alpha value is -1.91. The Labute approximate surface area is 94.3 Å². The molecular formula is C11H15N5. The van der Waals surface area contributed by atoms with Crippen LogP contribution in [-0.4, -0.2) is 20.2 Å². The van der Waals surface area contributed by atoms with Crippen molar-refractivity contribution >= 4 is 5.69 Å². The van der Waals surface area contributed by atoms with E-state index in [-0.39, 0.29) is 6.04 Å². The molecule has 0 saturated carbocycles. The van der Waals surface area contributed by atoms with Gasteiger partial charge in [0, 0.05) is 12.4 Å². The molecule has 0 aliphatic carbocycles. The Morgan fingerprint density at radius 1 is 1.31 bits per heavy atom. The summed E-state index contributed by atoms with van der Waals surface area (Å²) in [5.74, 6) is 0. The van der Waals surface area contributed by atoms with Gasteiger partial charge in [0.2, 0.25) is 0 Å². The summed E-state index contributed by atoms with van der Waals surface area (Å²) in [5, 5.41) is 10.5. The second-order valence-electron chi connectivity index (χ2n) is 3.81. The molecular weight excluding hydrogens is 202 g/mol. The molecule has 2 aromatic heterocycles. The van der Waals surface area contributed by atoms with Crippen LogP contribution in [0.2, 0.25) is 0 Å². The molecule has 1 unspecified atom stereocenters. The Morgan fingerprint density at radius 2 is 2.12 bits per heavy atom. The molecule has 0 bridgehead atoms. The zero-order valence-electron chi connectivity index (χ0n) is 9.65. The third kappa shape index (κ3) is 2.03. The van der Waals surface area contributed by atoms with Crippen molar-refractivity contribution in [3.63, 3.8) is 0 Å². The van der Waals surface area contributed by atoms with Gasteiger partial charge in [-0.05, 0) is 20.8 Å². The molecule has 2 N–H and O–H groups in total. The number of hydrogen-bond donors (Lipinski definition) is 2. The molecule has 5 heteroatoms. The fraction of sp³-hybridized carbons (Fsp3) is 0.364. The van der Waals surface area contributed by atoms with Crippen LogP contribution in [0, 0.1) is 13.8 Å². The molecule has 0 aromatic carbocycles. The third-order valence-electron chi connectivity index (χ3n) is 2.52. The Balaban J connectivity index is 2.17. The van der Waals surface area contributed by atoms with Crippen LogP contribution in [0.15, 0.2) is 18.6 Å². The number of nitrogens with one attached hydrogen (secondary N) is 2. The summed E-state index contributed by atoms with van der Waals surface area (Å²) in [4.78, 5) is 8.32. The van der Waals surface area contributed by atoms with Gasteiger partial charge >= 0.3 is 0 Å². The quantitative estimate of drug-likeness (QED) is 0.825. The van der Waals surface area contributed by atoms with Crippen molar-refractivity contribution in [2.24, 2.45) is 0 Å². The lowest BCUT2D eigenvalue weighted by molar-refractivity contribution is 0.825. The maximum atomic E-state index is 4.26. The van der Waals surface area contributed by atoms with E-state index in [0.717, 1.165) is 22.8 Å². The molecule has 0 spiro atoms. The number of rotatable bonds is 3. The summed E-state index contributed by atoms with van der Waals surface area (Å²) < 4.78 is 0. The van der Waals surface area contributed by atoms with Gasteiger partial charge in [0.15, 0.2) is 0 Å². The first kappa shape index (κ1) is 10.6. The molecule has 0 aliphatic rings. The number of hydrogen-bond acceptors (Lipinski definition) is 4. The minimum atomic E-state index is 0.115. The molecule has 2 heterocycles. The largest absolute Gasteiger partial charge is 0.374 e. The van der Waals surface area contributed by atoms with Gasteiger partial charge in [0.05, 0.1) is 35.0 Å². The second-order valence-corrected chi connectivity index (χ2v) is 3.81. The molecule has 2 rings (SSSR count). The van der Waals surface area contributed by atoms with Crippen molar-refractivity contribution in [3.8, 4) is 0 Å². The summed E-state index contributed by atoms with van der Waals surface area (Å²) in [5.41, 5.74) is 3.96. The summed E-state index contributed by atoms with van der Waals surface area (Å²) in [6, 6.07) is 0.115. The number of H-pyrrole nitrogens is 1. The zero-order chi connectivity index (χ0) is 11.5. The lowest BCUT2D eigenvalue weighted by atomic mass is 10.2. The molecule has 16 heavy (non-hydrogen) atoms. The van der Waals surface area contributed by atoms with Crippen molar-refractivity contribution in [2.45, 2.75) is 26.8 Å². The highest BCUT2D eigenvalue weighted by molar-refractivity contribution is 5.52. The highest BCUT2D eigenvalue weighted by atomic mass is 15.2. The van der Waals surface area contributed by atoms with Gasteiger partial charge in [-0.2, -0.15) is 5.10 Å². The predicted octanol–water partition coefficient (Wildman–Crippen LogP) is 1.99. The first-order chi connectivity index (χ1) is 7.68. The number of aryl methyl sites for hydroxylation is 2. The molecule has 0 radical (unpaired) electrons. The van der Waals surface area contributed by atoms with Gasteiger partial charge in [-0.15, -0.1) is 0 Å². The van der Waals surface area contributed by atoms with E-state index in [1.54, 1.807) is 18.6 Å². The second kappa shape index (κ2) is 4.30. The standard InChI is InChI=1S/C11H15N5/c1-7(10-6-12-4-5-13-10)14-11-8(2)15-16-9(11)3/h4-7,14H,1-3H3,(H,15,16). The van der Waals surface area contributed by atoms with Crippen molar-refractivity contribution in [1.82, 2.24) is 20.2 Å². The summed E-state index contributed by atoms with van der Waals surface area (Å²) in [6.45, 7) is 6.01. The van der Waals surface area contributed by atoms with Crippen LogP contribution in [-0.2, 0) is 0 Å². The third-order valence-corrected chi connectivity index (χ3v) is 2.52. The molecule has 5 nitrogen and oxygen atoms in total. The molecule has 0 saturated heterocycles. The number of anilines is 1. The van der Waals surface area contributed by atoms with E-state index in [1.165, 1.54) is 0 Å². The van der Waals surface area contributed by atoms with E-state index < -0.39 is 0 Å². The molecule has 84 valence electrons. The zero-order valence-corrected chi connectivity index (χ0v) is 9.65. The predicted molar refractivity (Wildman–Crippen MR) is 62.1 cm³/mol. The van der Waals surface area contributed by atoms with E-state index in [9.17, 15) is 0 Å². The van der Waals surface area contributed by atoms with Crippen LogP contribution in [0.1, 0.15) is 30.0 Å². The van der Waals surface area contributed by atoms with E-state index in [4.69, 9.17) is 0 Å². The minimum Gasteiger partial charge on any atom is -0.374 e. The normalized spacial score (nSPS) is 12.4. The van der Waals surface area contributed by atoms with Crippen molar-refractivity contribution in [1.29, 1.82) is 0 Å². The minimum absolute atomic E-state index is 0.115. The van der Waals surface area contributed by atoms with Crippen LogP contribution >= 0.6 is 0 Å². The Kier molecular flexibility index (Phi) is 2.85. The van der Waals surface area contributed by atoms with Gasteiger partial charge in [0.1, 0.15) is 0 Å². The first-order valence-corrected chi connectivity index (χ1v) is 5.22. The summed E-state index contributed by atoms with van der Waals surface area (Å²) >= 11 is 0. The SMILES string of the molecule is Cc1n[nH]c(C)c1NC(C)c1cnccn1. The maximum absolute atomic E-state index is 4.26. The van der Waals surface area contributed by atoms with Crippen molar-refractivity contribution in [3.05, 3.63) is 35.7 Å². The van der Waals surface area contributed by atoms with Gasteiger partial charge in [-0.1, -0.05) is 0 Å². The topological polar surface area (TPSA) is 66.5 Å². The smallest absolute Gasteiger partial charge is 0.0825 e. The summed E-state index contributed by atoms with van der Waals surface area (Å²) in [6.07, 6.45) is 5.13. The van der Waals surface area contributed by atoms with Crippen LogP contribution < -0.4 is 5.32 Å². The monoisotopic (exact) mass is 217 g/mol. The van der Waals surface area contributed by atoms with Gasteiger partial charge in [-0.3, -0.25) is 15.1 Å². The fourth-order valence-electron chi connectivity index (χ4n) is 1.59. The highest BCUT2D eigenvalue weighted by Gasteiger charge is 2.11. The van der Waals surface area contributed by atoms with Gasteiger partial charge in [0.25, 0.3) is 0 Å². The lowest BCUT2D eigenvalue weighted by Gasteiger charge is -2.14. The molecule has 0 amide bonds. The van der Waals surface area contributed by atoms with Gasteiger partial charge in [-0.25, -0.2) is 0 Å². The van der Waals surface area contributed by atoms with Gasteiger partial charge < -0.3 is 5.32 Å². The number of aromatic nitrogens is 4. The molecule has 2 aromatic rings. The molecule has 1 atom stereocenters. The van der Waals surface area contributed by atoms with Crippen LogP contribution in [0.5, 0.6) is 0 Å². The van der Waals surface area contributed by atoms with E-state index in [1.807, 2.05) is 13.8 Å². The van der Waals surface area contributed by atoms with Crippen molar-refractivity contribution in [2.75, 3.05) is 5.32 Å². The van der Waals surface area contributed by atoms with Crippen LogP contribution in [0.25, 0.3) is 0 Å².